The van der Waals surface area contributed by atoms with Crippen LogP contribution in [0.5, 0.6) is 0 Å². The number of halogens is 1. The zero-order chi connectivity index (χ0) is 14.8. The van der Waals surface area contributed by atoms with Crippen molar-refractivity contribution in [2.75, 3.05) is 18.0 Å². The SMILES string of the molecule is C=CCN1c2ccccc2[NH+](CC)C1c1ccc(C)cc1.[Br-]. The van der Waals surface area contributed by atoms with Gasteiger partial charge in [0.1, 0.15) is 5.69 Å². The molecule has 0 spiro atoms. The Kier molecular flexibility index (Phi) is 5.43. The summed E-state index contributed by atoms with van der Waals surface area (Å²) in [6.45, 7) is 10.3. The normalized spacial score (nSPS) is 19.5. The summed E-state index contributed by atoms with van der Waals surface area (Å²) in [5.41, 5.74) is 5.41. The third-order valence-corrected chi connectivity index (χ3v) is 4.30. The Morgan fingerprint density at radius 1 is 1.14 bits per heavy atom. The lowest BCUT2D eigenvalue weighted by Crippen LogP contribution is -3.07. The molecular weight excluding hydrogens is 336 g/mol. The van der Waals surface area contributed by atoms with Crippen LogP contribution in [0.2, 0.25) is 0 Å². The summed E-state index contributed by atoms with van der Waals surface area (Å²) < 4.78 is 0. The van der Waals surface area contributed by atoms with Crippen LogP contribution in [0.4, 0.5) is 11.4 Å². The summed E-state index contributed by atoms with van der Waals surface area (Å²) in [7, 11) is 0. The molecule has 1 aliphatic heterocycles. The molecule has 3 rings (SSSR count). The van der Waals surface area contributed by atoms with E-state index in [1.165, 1.54) is 27.4 Å². The number of nitrogens with zero attached hydrogens (tertiary/aromatic N) is 1. The number of nitrogens with one attached hydrogen (secondary N) is 1. The molecular formula is C19H23BrN2. The van der Waals surface area contributed by atoms with Crippen LogP contribution in [0, 0.1) is 6.92 Å². The first-order chi connectivity index (χ1) is 10.3. The molecule has 116 valence electrons. The lowest BCUT2D eigenvalue weighted by atomic mass is 10.1. The minimum atomic E-state index is 0. The third-order valence-electron chi connectivity index (χ3n) is 4.30. The predicted octanol–water partition coefficient (Wildman–Crippen LogP) is 0.240. The second kappa shape index (κ2) is 7.12. The standard InChI is InChI=1S/C19H22N2.BrH/c1-4-14-21-18-9-7-6-8-17(18)20(5-2)19(21)16-12-10-15(3)11-13-16;/h4,6-13,19H,1,5,14H2,2-3H3;1H. The van der Waals surface area contributed by atoms with Gasteiger partial charge in [-0.25, -0.2) is 0 Å². The van der Waals surface area contributed by atoms with Crippen molar-refractivity contribution in [3.05, 3.63) is 72.3 Å². The third kappa shape index (κ3) is 2.83. The zero-order valence-electron chi connectivity index (χ0n) is 13.2. The number of anilines is 1. The fourth-order valence-corrected chi connectivity index (χ4v) is 3.33. The minimum Gasteiger partial charge on any atom is -1.00 e. The zero-order valence-corrected chi connectivity index (χ0v) is 14.8. The summed E-state index contributed by atoms with van der Waals surface area (Å²) >= 11 is 0. The molecule has 0 aliphatic carbocycles. The minimum absolute atomic E-state index is 0. The first-order valence-electron chi connectivity index (χ1n) is 7.65. The fraction of sp³-hybridized carbons (Fsp3) is 0.263. The second-order valence-corrected chi connectivity index (χ2v) is 5.65. The van der Waals surface area contributed by atoms with Gasteiger partial charge in [-0.3, -0.25) is 4.90 Å². The van der Waals surface area contributed by atoms with Crippen molar-refractivity contribution >= 4 is 11.4 Å². The molecule has 1 aliphatic rings. The van der Waals surface area contributed by atoms with E-state index in [0.29, 0.717) is 6.17 Å². The van der Waals surface area contributed by atoms with Gasteiger partial charge in [0, 0.05) is 18.2 Å². The molecule has 0 radical (unpaired) electrons. The summed E-state index contributed by atoms with van der Waals surface area (Å²) in [6.07, 6.45) is 2.34. The first kappa shape index (κ1) is 16.8. The van der Waals surface area contributed by atoms with Crippen LogP contribution in [0.15, 0.2) is 61.2 Å². The van der Waals surface area contributed by atoms with Gasteiger partial charge >= 0.3 is 0 Å². The Bertz CT molecular complexity index is 636. The van der Waals surface area contributed by atoms with Crippen molar-refractivity contribution in [3.8, 4) is 0 Å². The van der Waals surface area contributed by atoms with E-state index in [9.17, 15) is 0 Å². The maximum Gasteiger partial charge on any atom is 0.195 e. The van der Waals surface area contributed by atoms with Crippen molar-refractivity contribution in [1.29, 1.82) is 0 Å². The van der Waals surface area contributed by atoms with Gasteiger partial charge in [0.05, 0.1) is 6.54 Å². The Morgan fingerprint density at radius 2 is 1.82 bits per heavy atom. The molecule has 3 heteroatoms. The van der Waals surface area contributed by atoms with Gasteiger partial charge in [0.15, 0.2) is 11.9 Å². The molecule has 2 atom stereocenters. The van der Waals surface area contributed by atoms with E-state index in [1.54, 1.807) is 0 Å². The Hall–Kier alpha value is -1.58. The average Bonchev–Trinajstić information content (AvgIpc) is 2.83. The lowest BCUT2D eigenvalue weighted by Gasteiger charge is -2.27. The van der Waals surface area contributed by atoms with Crippen LogP contribution in [0.25, 0.3) is 0 Å². The number of benzene rings is 2. The van der Waals surface area contributed by atoms with E-state index >= 15 is 0 Å². The highest BCUT2D eigenvalue weighted by molar-refractivity contribution is 5.67. The molecule has 0 fully saturated rings. The van der Waals surface area contributed by atoms with Crippen LogP contribution >= 0.6 is 0 Å². The van der Waals surface area contributed by atoms with Crippen molar-refractivity contribution in [1.82, 2.24) is 0 Å². The van der Waals surface area contributed by atoms with Gasteiger partial charge in [-0.1, -0.05) is 48.0 Å². The van der Waals surface area contributed by atoms with E-state index in [2.05, 4.69) is 73.9 Å². The smallest absolute Gasteiger partial charge is 0.195 e. The highest BCUT2D eigenvalue weighted by Crippen LogP contribution is 2.35. The van der Waals surface area contributed by atoms with Gasteiger partial charge in [-0.05, 0) is 19.9 Å². The Balaban J connectivity index is 0.00000176. The fourth-order valence-electron chi connectivity index (χ4n) is 3.33. The molecule has 1 heterocycles. The molecule has 1 N–H and O–H groups in total. The number of aryl methyl sites for hydroxylation is 1. The maximum atomic E-state index is 3.94. The van der Waals surface area contributed by atoms with Crippen LogP contribution in [0.3, 0.4) is 0 Å². The molecule has 0 saturated heterocycles. The summed E-state index contributed by atoms with van der Waals surface area (Å²) in [6, 6.07) is 17.7. The van der Waals surface area contributed by atoms with Gasteiger partial charge in [0.2, 0.25) is 0 Å². The molecule has 2 aromatic carbocycles. The first-order valence-corrected chi connectivity index (χ1v) is 7.65. The van der Waals surface area contributed by atoms with Gasteiger partial charge in [0.25, 0.3) is 0 Å². The monoisotopic (exact) mass is 358 g/mol. The molecule has 0 bridgehead atoms. The van der Waals surface area contributed by atoms with Crippen LogP contribution < -0.4 is 26.8 Å². The largest absolute Gasteiger partial charge is 1.00 e. The number of hydrogen-bond acceptors (Lipinski definition) is 1. The summed E-state index contributed by atoms with van der Waals surface area (Å²) in [5.74, 6) is 0. The van der Waals surface area contributed by atoms with E-state index in [4.69, 9.17) is 0 Å². The Labute approximate surface area is 143 Å². The maximum absolute atomic E-state index is 3.94. The van der Waals surface area contributed by atoms with E-state index in [-0.39, 0.29) is 17.0 Å². The van der Waals surface area contributed by atoms with Gasteiger partial charge in [-0.2, -0.15) is 0 Å². The number of fused-ring (bicyclic) bond motifs is 1. The van der Waals surface area contributed by atoms with Crippen molar-refractivity contribution in [3.63, 3.8) is 0 Å². The topological polar surface area (TPSA) is 7.68 Å². The van der Waals surface area contributed by atoms with Crippen LogP contribution in [0.1, 0.15) is 24.2 Å². The number of para-hydroxylation sites is 2. The molecule has 2 unspecified atom stereocenters. The highest BCUT2D eigenvalue weighted by atomic mass is 79.9. The van der Waals surface area contributed by atoms with Crippen molar-refractivity contribution in [2.45, 2.75) is 20.0 Å². The molecule has 2 aromatic rings. The van der Waals surface area contributed by atoms with Crippen molar-refractivity contribution in [2.24, 2.45) is 0 Å². The molecule has 22 heavy (non-hydrogen) atoms. The summed E-state index contributed by atoms with van der Waals surface area (Å²) in [5, 5.41) is 0. The number of rotatable bonds is 4. The number of hydrogen-bond donors (Lipinski definition) is 1. The average molecular weight is 359 g/mol. The molecule has 0 saturated carbocycles. The van der Waals surface area contributed by atoms with Gasteiger partial charge < -0.3 is 21.9 Å². The van der Waals surface area contributed by atoms with Crippen LogP contribution in [-0.2, 0) is 0 Å². The van der Waals surface area contributed by atoms with E-state index in [0.717, 1.165) is 13.1 Å². The van der Waals surface area contributed by atoms with Crippen LogP contribution in [-0.4, -0.2) is 13.1 Å². The summed E-state index contributed by atoms with van der Waals surface area (Å²) in [4.78, 5) is 3.97. The number of quaternary nitrogens is 1. The predicted molar refractivity (Wildman–Crippen MR) is 89.1 cm³/mol. The molecule has 0 aromatic heterocycles. The molecule has 2 nitrogen and oxygen atoms in total. The quantitative estimate of drug-likeness (QED) is 0.769. The second-order valence-electron chi connectivity index (χ2n) is 5.65. The van der Waals surface area contributed by atoms with E-state index < -0.39 is 0 Å². The van der Waals surface area contributed by atoms with Gasteiger partial charge in [-0.15, -0.1) is 6.58 Å². The van der Waals surface area contributed by atoms with E-state index in [1.807, 2.05) is 6.08 Å². The lowest BCUT2D eigenvalue weighted by molar-refractivity contribution is -0.858. The molecule has 0 amide bonds. The Morgan fingerprint density at radius 3 is 2.45 bits per heavy atom. The van der Waals surface area contributed by atoms with Crippen molar-refractivity contribution < 1.29 is 21.9 Å². The highest BCUT2D eigenvalue weighted by Gasteiger charge is 2.40.